The molecule has 4 nitrogen and oxygen atoms in total. The van der Waals surface area contributed by atoms with Crippen LogP contribution in [0.25, 0.3) is 111 Å². The fourth-order valence-corrected chi connectivity index (χ4v) is 8.04. The molecule has 262 valence electrons. The highest BCUT2D eigenvalue weighted by Gasteiger charge is 2.22. The molecule has 4 heteroatoms. The van der Waals surface area contributed by atoms with E-state index in [0.29, 0.717) is 5.82 Å². The summed E-state index contributed by atoms with van der Waals surface area (Å²) in [4.78, 5) is 10.7. The summed E-state index contributed by atoms with van der Waals surface area (Å²) in [5.41, 5.74) is 14.3. The molecule has 0 radical (unpaired) electrons. The van der Waals surface area contributed by atoms with Crippen LogP contribution in [0.2, 0.25) is 0 Å². The van der Waals surface area contributed by atoms with Crippen molar-refractivity contribution in [1.29, 1.82) is 0 Å². The molecular formula is C52H32N2O2. The van der Waals surface area contributed by atoms with Crippen LogP contribution in [0.15, 0.2) is 203 Å². The molecule has 0 aliphatic rings. The van der Waals surface area contributed by atoms with Crippen molar-refractivity contribution in [3.63, 3.8) is 0 Å². The number of fused-ring (bicyclic) bond motifs is 6. The van der Waals surface area contributed by atoms with Crippen LogP contribution in [-0.4, -0.2) is 9.97 Å². The number of rotatable bonds is 6. The Balaban J connectivity index is 1.17. The van der Waals surface area contributed by atoms with Crippen LogP contribution in [0, 0.1) is 0 Å². The second-order valence-corrected chi connectivity index (χ2v) is 14.1. The van der Waals surface area contributed by atoms with Gasteiger partial charge in [0.1, 0.15) is 22.3 Å². The quantitative estimate of drug-likeness (QED) is 0.172. The summed E-state index contributed by atoms with van der Waals surface area (Å²) in [5.74, 6) is 0.647. The number of benzene rings is 8. The van der Waals surface area contributed by atoms with E-state index in [1.807, 2.05) is 42.5 Å². The van der Waals surface area contributed by atoms with E-state index >= 15 is 0 Å². The summed E-state index contributed by atoms with van der Waals surface area (Å²) in [6, 6.07) is 67.2. The second-order valence-electron chi connectivity index (χ2n) is 14.1. The van der Waals surface area contributed by atoms with Crippen molar-refractivity contribution >= 4 is 43.9 Å². The lowest BCUT2D eigenvalue weighted by Gasteiger charge is -2.14. The van der Waals surface area contributed by atoms with Gasteiger partial charge in [-0.2, -0.15) is 0 Å². The molecule has 0 amide bonds. The van der Waals surface area contributed by atoms with Crippen molar-refractivity contribution in [2.75, 3.05) is 0 Å². The third-order valence-corrected chi connectivity index (χ3v) is 10.7. The molecule has 0 fully saturated rings. The van der Waals surface area contributed by atoms with Gasteiger partial charge in [0.25, 0.3) is 0 Å². The molecule has 56 heavy (non-hydrogen) atoms. The molecule has 0 unspecified atom stereocenters. The molecule has 0 saturated heterocycles. The van der Waals surface area contributed by atoms with Gasteiger partial charge in [-0.1, -0.05) is 152 Å². The summed E-state index contributed by atoms with van der Waals surface area (Å²) in [6.45, 7) is 0. The summed E-state index contributed by atoms with van der Waals surface area (Å²) < 4.78 is 13.3. The van der Waals surface area contributed by atoms with Crippen LogP contribution in [0.1, 0.15) is 0 Å². The standard InChI is InChI=1S/C52H32N2O2/c1-4-15-33(16-5-1)36-29-37(34-17-6-2-7-18-34)31-38(30-36)52-53-45(35-19-8-3-9-20-35)32-46(54-52)43-28-27-42(51-49(43)44-22-11-13-26-48(44)56-51)41-24-14-23-40-39-21-10-12-25-47(39)55-50(40)41/h1-32H. The number of para-hydroxylation sites is 3. The third-order valence-electron chi connectivity index (χ3n) is 10.7. The first-order chi connectivity index (χ1) is 27.7. The Bertz CT molecular complexity index is 3180. The van der Waals surface area contributed by atoms with Crippen molar-refractivity contribution in [3.05, 3.63) is 194 Å². The molecule has 11 aromatic rings. The van der Waals surface area contributed by atoms with Gasteiger partial charge in [0.2, 0.25) is 0 Å². The first-order valence-corrected chi connectivity index (χ1v) is 18.8. The Morgan fingerprint density at radius 1 is 0.304 bits per heavy atom. The van der Waals surface area contributed by atoms with Gasteiger partial charge in [-0.25, -0.2) is 9.97 Å². The van der Waals surface area contributed by atoms with Gasteiger partial charge >= 0.3 is 0 Å². The van der Waals surface area contributed by atoms with Crippen LogP contribution < -0.4 is 0 Å². The molecule has 0 bridgehead atoms. The number of furan rings is 2. The van der Waals surface area contributed by atoms with E-state index in [1.54, 1.807) is 0 Å². The first-order valence-electron chi connectivity index (χ1n) is 18.8. The zero-order valence-corrected chi connectivity index (χ0v) is 30.2. The first kappa shape index (κ1) is 31.9. The number of nitrogens with zero attached hydrogens (tertiary/aromatic N) is 2. The smallest absolute Gasteiger partial charge is 0.160 e. The topological polar surface area (TPSA) is 52.1 Å². The Hall–Kier alpha value is -7.56. The van der Waals surface area contributed by atoms with Gasteiger partial charge in [-0.15, -0.1) is 0 Å². The maximum absolute atomic E-state index is 6.80. The highest BCUT2D eigenvalue weighted by Crippen LogP contribution is 2.45. The van der Waals surface area contributed by atoms with Crippen molar-refractivity contribution in [3.8, 4) is 67.3 Å². The fourth-order valence-electron chi connectivity index (χ4n) is 8.04. The highest BCUT2D eigenvalue weighted by molar-refractivity contribution is 6.18. The zero-order chi connectivity index (χ0) is 37.0. The molecule has 8 aromatic carbocycles. The molecule has 0 spiro atoms. The number of hydrogen-bond acceptors (Lipinski definition) is 4. The van der Waals surface area contributed by atoms with Crippen LogP contribution in [0.4, 0.5) is 0 Å². The maximum atomic E-state index is 6.80. The SMILES string of the molecule is c1ccc(-c2cc(-c3ccccc3)cc(-c3nc(-c4ccccc4)cc(-c4ccc(-c5cccc6c5oc5ccccc56)c5oc6ccccc6c45)n3)c2)cc1. The third kappa shape index (κ3) is 5.39. The van der Waals surface area contributed by atoms with Crippen molar-refractivity contribution in [2.24, 2.45) is 0 Å². The van der Waals surface area contributed by atoms with Gasteiger partial charge in [0.05, 0.1) is 11.4 Å². The number of hydrogen-bond donors (Lipinski definition) is 0. The largest absolute Gasteiger partial charge is 0.455 e. The van der Waals surface area contributed by atoms with Crippen LogP contribution in [-0.2, 0) is 0 Å². The van der Waals surface area contributed by atoms with Crippen LogP contribution in [0.5, 0.6) is 0 Å². The van der Waals surface area contributed by atoms with E-state index < -0.39 is 0 Å². The molecule has 3 heterocycles. The minimum absolute atomic E-state index is 0.647. The minimum Gasteiger partial charge on any atom is -0.455 e. The van der Waals surface area contributed by atoms with Gasteiger partial charge in [0.15, 0.2) is 5.82 Å². The lowest BCUT2D eigenvalue weighted by atomic mass is 9.94. The van der Waals surface area contributed by atoms with Crippen LogP contribution in [0.3, 0.4) is 0 Å². The second kappa shape index (κ2) is 13.1. The lowest BCUT2D eigenvalue weighted by molar-refractivity contribution is 0.665. The van der Waals surface area contributed by atoms with Crippen molar-refractivity contribution in [1.82, 2.24) is 9.97 Å². The molecule has 0 atom stereocenters. The monoisotopic (exact) mass is 716 g/mol. The minimum atomic E-state index is 0.647. The molecule has 0 saturated carbocycles. The van der Waals surface area contributed by atoms with Crippen LogP contribution >= 0.6 is 0 Å². The molecular weight excluding hydrogens is 685 g/mol. The predicted octanol–water partition coefficient (Wildman–Crippen LogP) is 14.3. The number of aromatic nitrogens is 2. The Kier molecular flexibility index (Phi) is 7.46. The molecule has 0 aliphatic heterocycles. The summed E-state index contributed by atoms with van der Waals surface area (Å²) >= 11 is 0. The summed E-state index contributed by atoms with van der Waals surface area (Å²) in [6.07, 6.45) is 0. The zero-order valence-electron chi connectivity index (χ0n) is 30.2. The fraction of sp³-hybridized carbons (Fsp3) is 0. The summed E-state index contributed by atoms with van der Waals surface area (Å²) in [5, 5.41) is 4.19. The maximum Gasteiger partial charge on any atom is 0.160 e. The molecule has 0 aliphatic carbocycles. The predicted molar refractivity (Wildman–Crippen MR) is 229 cm³/mol. The molecule has 11 rings (SSSR count). The Morgan fingerprint density at radius 2 is 0.804 bits per heavy atom. The highest BCUT2D eigenvalue weighted by atomic mass is 16.3. The van der Waals surface area contributed by atoms with E-state index in [2.05, 4.69) is 152 Å². The molecule has 0 N–H and O–H groups in total. The molecule has 3 aromatic heterocycles. The van der Waals surface area contributed by atoms with Gasteiger partial charge in [-0.3, -0.25) is 0 Å². The van der Waals surface area contributed by atoms with Gasteiger partial charge < -0.3 is 8.83 Å². The Labute approximate surface area is 323 Å². The summed E-state index contributed by atoms with van der Waals surface area (Å²) in [7, 11) is 0. The van der Waals surface area contributed by atoms with E-state index in [0.717, 1.165) is 105 Å². The lowest BCUT2D eigenvalue weighted by Crippen LogP contribution is -1.97. The normalized spacial score (nSPS) is 11.6. The Morgan fingerprint density at radius 3 is 1.50 bits per heavy atom. The van der Waals surface area contributed by atoms with Gasteiger partial charge in [-0.05, 0) is 64.7 Å². The average Bonchev–Trinajstić information content (AvgIpc) is 3.86. The van der Waals surface area contributed by atoms with E-state index in [-0.39, 0.29) is 0 Å². The van der Waals surface area contributed by atoms with Crippen molar-refractivity contribution < 1.29 is 8.83 Å². The van der Waals surface area contributed by atoms with E-state index in [4.69, 9.17) is 18.8 Å². The van der Waals surface area contributed by atoms with Crippen molar-refractivity contribution in [2.45, 2.75) is 0 Å². The van der Waals surface area contributed by atoms with E-state index in [1.165, 1.54) is 0 Å². The average molecular weight is 717 g/mol. The van der Waals surface area contributed by atoms with E-state index in [9.17, 15) is 0 Å². The van der Waals surface area contributed by atoms with Gasteiger partial charge in [0, 0.05) is 49.4 Å².